The predicted octanol–water partition coefficient (Wildman–Crippen LogP) is 2.81. The molecule has 0 unspecified atom stereocenters. The Labute approximate surface area is 167 Å². The number of hydrogen-bond acceptors (Lipinski definition) is 3. The van der Waals surface area contributed by atoms with E-state index in [1.54, 1.807) is 6.20 Å². The number of rotatable bonds is 7. The summed E-state index contributed by atoms with van der Waals surface area (Å²) in [5, 5.41) is 11.2. The summed E-state index contributed by atoms with van der Waals surface area (Å²) in [4.78, 5) is 9.07. The number of guanidine groups is 1. The fourth-order valence-electron chi connectivity index (χ4n) is 2.75. The van der Waals surface area contributed by atoms with Crippen LogP contribution in [0.25, 0.3) is 0 Å². The van der Waals surface area contributed by atoms with Crippen molar-refractivity contribution in [3.8, 4) is 0 Å². The van der Waals surface area contributed by atoms with Crippen LogP contribution in [-0.4, -0.2) is 27.3 Å². The largest absolute Gasteiger partial charge is 0.357 e. The molecule has 2 N–H and O–H groups in total. The third-order valence-electron chi connectivity index (χ3n) is 3.93. The fraction of sp³-hybridized carbons (Fsp3) is 0.500. The van der Waals surface area contributed by atoms with Crippen LogP contribution in [0.1, 0.15) is 43.4 Å². The molecule has 2 rings (SSSR count). The van der Waals surface area contributed by atoms with Gasteiger partial charge >= 0.3 is 0 Å². The van der Waals surface area contributed by atoms with Crippen molar-refractivity contribution in [3.63, 3.8) is 0 Å². The summed E-state index contributed by atoms with van der Waals surface area (Å²) in [6.45, 7) is 8.48. The Kier molecular flexibility index (Phi) is 9.48. The van der Waals surface area contributed by atoms with E-state index in [0.717, 1.165) is 36.7 Å². The van der Waals surface area contributed by atoms with Crippen LogP contribution in [0.3, 0.4) is 0 Å². The zero-order chi connectivity index (χ0) is 17.4. The molecule has 0 fully saturated rings. The molecule has 25 heavy (non-hydrogen) atoms. The maximum atomic E-state index is 4.74. The van der Waals surface area contributed by atoms with E-state index in [9.17, 15) is 0 Å². The van der Waals surface area contributed by atoms with Crippen molar-refractivity contribution >= 4 is 29.9 Å². The Morgan fingerprint density at radius 2 is 1.96 bits per heavy atom. The van der Waals surface area contributed by atoms with Crippen LogP contribution in [0.15, 0.2) is 29.4 Å². The molecule has 6 nitrogen and oxygen atoms in total. The minimum absolute atomic E-state index is 0. The third kappa shape index (κ3) is 5.98. The molecule has 2 aromatic heterocycles. The molecule has 0 radical (unpaired) electrons. The number of aromatic nitrogens is 3. The monoisotopic (exact) mass is 456 g/mol. The van der Waals surface area contributed by atoms with Crippen LogP contribution < -0.4 is 10.6 Å². The number of halogens is 1. The topological polar surface area (TPSA) is 67.1 Å². The van der Waals surface area contributed by atoms with Crippen LogP contribution >= 0.6 is 24.0 Å². The molecule has 0 atom stereocenters. The standard InChI is InChI=1S/C18H28N6.HI/c1-5-16-15(17(6-2)24(4)23-16)13-22-18(19-7-3)21-12-14-10-8-9-11-20-14;/h8-11H,5-7,12-13H2,1-4H3,(H2,19,21,22);1H. The maximum absolute atomic E-state index is 4.74. The first-order valence-electron chi connectivity index (χ1n) is 8.65. The third-order valence-corrected chi connectivity index (χ3v) is 3.93. The molecule has 0 aliphatic heterocycles. The average molecular weight is 456 g/mol. The van der Waals surface area contributed by atoms with Gasteiger partial charge in [-0.25, -0.2) is 4.99 Å². The van der Waals surface area contributed by atoms with E-state index < -0.39 is 0 Å². The summed E-state index contributed by atoms with van der Waals surface area (Å²) in [5.41, 5.74) is 4.64. The van der Waals surface area contributed by atoms with Crippen molar-refractivity contribution in [1.29, 1.82) is 0 Å². The Morgan fingerprint density at radius 3 is 2.56 bits per heavy atom. The lowest BCUT2D eigenvalue weighted by molar-refractivity contribution is 0.703. The van der Waals surface area contributed by atoms with E-state index in [4.69, 9.17) is 4.99 Å². The quantitative estimate of drug-likeness (QED) is 0.382. The van der Waals surface area contributed by atoms with Gasteiger partial charge in [-0.3, -0.25) is 9.67 Å². The second-order valence-electron chi connectivity index (χ2n) is 5.57. The van der Waals surface area contributed by atoms with Gasteiger partial charge in [0.05, 0.1) is 24.5 Å². The highest BCUT2D eigenvalue weighted by molar-refractivity contribution is 14.0. The lowest BCUT2D eigenvalue weighted by Crippen LogP contribution is -2.37. The molecule has 7 heteroatoms. The van der Waals surface area contributed by atoms with E-state index >= 15 is 0 Å². The fourth-order valence-corrected chi connectivity index (χ4v) is 2.75. The molecular weight excluding hydrogens is 427 g/mol. The number of aryl methyl sites for hydroxylation is 2. The van der Waals surface area contributed by atoms with Gasteiger partial charge in [0.25, 0.3) is 0 Å². The second kappa shape index (κ2) is 11.1. The van der Waals surface area contributed by atoms with Crippen molar-refractivity contribution in [2.24, 2.45) is 12.0 Å². The highest BCUT2D eigenvalue weighted by Gasteiger charge is 2.13. The van der Waals surface area contributed by atoms with Gasteiger partial charge in [0.15, 0.2) is 5.96 Å². The average Bonchev–Trinajstić information content (AvgIpc) is 2.93. The molecule has 0 aliphatic carbocycles. The SMILES string of the molecule is CCNC(=NCc1c(CC)nn(C)c1CC)NCc1ccccn1.I. The number of nitrogens with zero attached hydrogens (tertiary/aromatic N) is 4. The number of aliphatic imine (C=N–C) groups is 1. The van der Waals surface area contributed by atoms with Crippen LogP contribution in [-0.2, 0) is 33.0 Å². The maximum Gasteiger partial charge on any atom is 0.191 e. The van der Waals surface area contributed by atoms with Crippen molar-refractivity contribution in [3.05, 3.63) is 47.0 Å². The van der Waals surface area contributed by atoms with Gasteiger partial charge < -0.3 is 10.6 Å². The molecule has 2 aromatic rings. The zero-order valence-corrected chi connectivity index (χ0v) is 17.9. The summed E-state index contributed by atoms with van der Waals surface area (Å²) in [6.07, 6.45) is 3.70. The van der Waals surface area contributed by atoms with Crippen LogP contribution in [0.2, 0.25) is 0 Å². The minimum Gasteiger partial charge on any atom is -0.357 e. The number of hydrogen-bond donors (Lipinski definition) is 2. The molecule has 2 heterocycles. The molecule has 0 saturated carbocycles. The first kappa shape index (κ1) is 21.4. The van der Waals surface area contributed by atoms with E-state index in [0.29, 0.717) is 13.1 Å². The van der Waals surface area contributed by atoms with Gasteiger partial charge in [-0.1, -0.05) is 19.9 Å². The molecule has 0 bridgehead atoms. The first-order valence-corrected chi connectivity index (χ1v) is 8.65. The van der Waals surface area contributed by atoms with E-state index in [2.05, 4.69) is 41.5 Å². The van der Waals surface area contributed by atoms with E-state index in [1.807, 2.05) is 29.9 Å². The first-order chi connectivity index (χ1) is 11.7. The van der Waals surface area contributed by atoms with Gasteiger partial charge in [-0.15, -0.1) is 24.0 Å². The Balaban J connectivity index is 0.00000312. The zero-order valence-electron chi connectivity index (χ0n) is 15.5. The number of nitrogens with one attached hydrogen (secondary N) is 2. The summed E-state index contributed by atoms with van der Waals surface area (Å²) in [5.74, 6) is 0.802. The van der Waals surface area contributed by atoms with Gasteiger partial charge in [0.1, 0.15) is 0 Å². The van der Waals surface area contributed by atoms with Gasteiger partial charge in [0.2, 0.25) is 0 Å². The van der Waals surface area contributed by atoms with Crippen molar-refractivity contribution in [2.75, 3.05) is 6.54 Å². The molecule has 0 aliphatic rings. The molecule has 138 valence electrons. The predicted molar refractivity (Wildman–Crippen MR) is 113 cm³/mol. The molecule has 0 saturated heterocycles. The Bertz CT molecular complexity index is 666. The second-order valence-corrected chi connectivity index (χ2v) is 5.57. The van der Waals surface area contributed by atoms with Crippen LogP contribution in [0, 0.1) is 0 Å². The normalized spacial score (nSPS) is 11.1. The van der Waals surface area contributed by atoms with Crippen LogP contribution in [0.5, 0.6) is 0 Å². The summed E-state index contributed by atoms with van der Waals surface area (Å²) < 4.78 is 1.98. The Morgan fingerprint density at radius 1 is 1.16 bits per heavy atom. The summed E-state index contributed by atoms with van der Waals surface area (Å²) >= 11 is 0. The molecule has 0 amide bonds. The van der Waals surface area contributed by atoms with Crippen LogP contribution in [0.4, 0.5) is 0 Å². The summed E-state index contributed by atoms with van der Waals surface area (Å²) in [7, 11) is 2.01. The van der Waals surface area contributed by atoms with Gasteiger partial charge in [0, 0.05) is 31.0 Å². The molecule has 0 aromatic carbocycles. The molecule has 0 spiro atoms. The molecular formula is C18H29IN6. The highest BCUT2D eigenvalue weighted by atomic mass is 127. The minimum atomic E-state index is 0. The lowest BCUT2D eigenvalue weighted by atomic mass is 10.1. The smallest absolute Gasteiger partial charge is 0.191 e. The Hall–Kier alpha value is -1.64. The highest BCUT2D eigenvalue weighted by Crippen LogP contribution is 2.16. The van der Waals surface area contributed by atoms with Gasteiger partial charge in [-0.05, 0) is 31.9 Å². The lowest BCUT2D eigenvalue weighted by Gasteiger charge is -2.11. The summed E-state index contributed by atoms with van der Waals surface area (Å²) in [6, 6.07) is 5.91. The van der Waals surface area contributed by atoms with Crippen molar-refractivity contribution in [1.82, 2.24) is 25.4 Å². The van der Waals surface area contributed by atoms with Crippen molar-refractivity contribution in [2.45, 2.75) is 46.7 Å². The van der Waals surface area contributed by atoms with Gasteiger partial charge in [-0.2, -0.15) is 5.10 Å². The van der Waals surface area contributed by atoms with E-state index in [-0.39, 0.29) is 24.0 Å². The van der Waals surface area contributed by atoms with E-state index in [1.165, 1.54) is 11.3 Å². The number of pyridine rings is 1. The van der Waals surface area contributed by atoms with Crippen molar-refractivity contribution < 1.29 is 0 Å².